The minimum Gasteiger partial charge on any atom is -0.480 e. The summed E-state index contributed by atoms with van der Waals surface area (Å²) < 4.78 is 0. The molecule has 0 aromatic rings. The van der Waals surface area contributed by atoms with E-state index in [1.54, 1.807) is 0 Å². The van der Waals surface area contributed by atoms with Crippen LogP contribution >= 0.6 is 12.6 Å². The summed E-state index contributed by atoms with van der Waals surface area (Å²) in [5.41, 5.74) is 5.13. The number of hydrogen-bond donors (Lipinski definition) is 8. The van der Waals surface area contributed by atoms with Gasteiger partial charge >= 0.3 is 5.97 Å². The van der Waals surface area contributed by atoms with E-state index in [-0.39, 0.29) is 18.6 Å². The highest BCUT2D eigenvalue weighted by atomic mass is 32.1. The molecule has 0 spiro atoms. The van der Waals surface area contributed by atoms with Gasteiger partial charge in [0.25, 0.3) is 0 Å². The Bertz CT molecular complexity index is 654. The maximum absolute atomic E-state index is 12.7. The van der Waals surface area contributed by atoms with Crippen LogP contribution in [-0.4, -0.2) is 82.4 Å². The minimum atomic E-state index is -1.49. The number of hydrogen-bond acceptors (Lipinski definition) is 8. The predicted octanol–water partition coefficient (Wildman–Crippen LogP) is -3.15. The zero-order valence-corrected chi connectivity index (χ0v) is 17.5. The zero-order chi connectivity index (χ0) is 22.8. The molecular formula is C17H29N5O7S. The summed E-state index contributed by atoms with van der Waals surface area (Å²) in [7, 11) is 0. The first-order chi connectivity index (χ1) is 14.1. The number of aliphatic hydroxyl groups excluding tert-OH is 1. The molecule has 1 fully saturated rings. The molecule has 8 N–H and O–H groups in total. The average Bonchev–Trinajstić information content (AvgIpc) is 3.21. The minimum absolute atomic E-state index is 0.109. The SMILES string of the molecule is CC(O)C(NC(=O)C(CCC(N)=O)NC(=O)C1CCCN1)C(=O)NC(CS)C(=O)O. The number of aliphatic carboxylic acids is 1. The van der Waals surface area contributed by atoms with Crippen LogP contribution < -0.4 is 27.0 Å². The molecule has 5 unspecified atom stereocenters. The molecule has 0 bridgehead atoms. The molecule has 1 heterocycles. The van der Waals surface area contributed by atoms with Gasteiger partial charge in [-0.3, -0.25) is 19.2 Å². The lowest BCUT2D eigenvalue weighted by atomic mass is 10.1. The average molecular weight is 448 g/mol. The van der Waals surface area contributed by atoms with Gasteiger partial charge in [-0.1, -0.05) is 0 Å². The first-order valence-corrected chi connectivity index (χ1v) is 10.1. The van der Waals surface area contributed by atoms with Crippen LogP contribution in [0.1, 0.15) is 32.6 Å². The summed E-state index contributed by atoms with van der Waals surface area (Å²) in [6.07, 6.45) is -0.275. The molecule has 0 radical (unpaired) electrons. The summed E-state index contributed by atoms with van der Waals surface area (Å²) in [5.74, 6) is -4.39. The molecule has 1 saturated heterocycles. The van der Waals surface area contributed by atoms with Gasteiger partial charge in [-0.25, -0.2) is 4.79 Å². The molecule has 30 heavy (non-hydrogen) atoms. The number of rotatable bonds is 12. The van der Waals surface area contributed by atoms with Crippen molar-refractivity contribution < 1.29 is 34.2 Å². The topological polar surface area (TPSA) is 200 Å². The molecule has 1 aliphatic heterocycles. The molecule has 12 nitrogen and oxygen atoms in total. The van der Waals surface area contributed by atoms with Gasteiger partial charge in [-0.2, -0.15) is 12.6 Å². The van der Waals surface area contributed by atoms with Gasteiger partial charge in [0.15, 0.2) is 0 Å². The molecule has 4 amide bonds. The molecule has 0 saturated carbocycles. The Morgan fingerprint density at radius 3 is 2.27 bits per heavy atom. The number of nitrogens with one attached hydrogen (secondary N) is 4. The zero-order valence-electron chi connectivity index (χ0n) is 16.6. The highest BCUT2D eigenvalue weighted by Crippen LogP contribution is 2.07. The predicted molar refractivity (Wildman–Crippen MR) is 108 cm³/mol. The van der Waals surface area contributed by atoms with Crippen molar-refractivity contribution in [1.82, 2.24) is 21.3 Å². The number of aliphatic hydroxyl groups is 1. The van der Waals surface area contributed by atoms with E-state index in [1.165, 1.54) is 6.92 Å². The highest BCUT2D eigenvalue weighted by molar-refractivity contribution is 7.80. The third-order valence-corrected chi connectivity index (χ3v) is 4.91. The van der Waals surface area contributed by atoms with Crippen molar-refractivity contribution in [2.24, 2.45) is 5.73 Å². The lowest BCUT2D eigenvalue weighted by molar-refractivity contribution is -0.142. The Morgan fingerprint density at radius 1 is 1.13 bits per heavy atom. The van der Waals surface area contributed by atoms with Gasteiger partial charge in [0.2, 0.25) is 23.6 Å². The third kappa shape index (κ3) is 8.16. The molecule has 0 aromatic heterocycles. The second kappa shape index (κ2) is 12.3. The Labute approximate surface area is 179 Å². The van der Waals surface area contributed by atoms with E-state index >= 15 is 0 Å². The van der Waals surface area contributed by atoms with Crippen LogP contribution in [0.3, 0.4) is 0 Å². The van der Waals surface area contributed by atoms with Crippen LogP contribution in [0, 0.1) is 0 Å². The van der Waals surface area contributed by atoms with Crippen molar-refractivity contribution in [2.45, 2.75) is 62.9 Å². The number of thiol groups is 1. The standard InChI is InChI=1S/C17H29N5O7S/c1-8(23)13(16(27)21-11(7-30)17(28)29)22-15(26)10(4-5-12(18)24)20-14(25)9-3-2-6-19-9/h8-11,13,19,23,30H,2-7H2,1H3,(H2,18,24)(H,20,25)(H,21,27)(H,22,26)(H,28,29). The van der Waals surface area contributed by atoms with E-state index in [4.69, 9.17) is 10.8 Å². The van der Waals surface area contributed by atoms with Gasteiger partial charge in [0.05, 0.1) is 12.1 Å². The molecule has 0 aliphatic carbocycles. The van der Waals surface area contributed by atoms with Crippen molar-refractivity contribution in [1.29, 1.82) is 0 Å². The van der Waals surface area contributed by atoms with Crippen molar-refractivity contribution in [3.63, 3.8) is 0 Å². The number of primary amides is 1. The lowest BCUT2D eigenvalue weighted by Gasteiger charge is -2.26. The summed E-state index contributed by atoms with van der Waals surface area (Å²) in [6.45, 7) is 1.90. The van der Waals surface area contributed by atoms with E-state index in [0.717, 1.165) is 6.42 Å². The van der Waals surface area contributed by atoms with Crippen LogP contribution in [-0.2, 0) is 24.0 Å². The van der Waals surface area contributed by atoms with Crippen molar-refractivity contribution in [3.05, 3.63) is 0 Å². The van der Waals surface area contributed by atoms with Crippen LogP contribution in [0.5, 0.6) is 0 Å². The Balaban J connectivity index is 2.87. The van der Waals surface area contributed by atoms with E-state index in [9.17, 15) is 29.1 Å². The first kappa shape index (κ1) is 25.7. The van der Waals surface area contributed by atoms with Crippen LogP contribution in [0.25, 0.3) is 0 Å². The van der Waals surface area contributed by atoms with E-state index in [2.05, 4.69) is 33.9 Å². The van der Waals surface area contributed by atoms with Gasteiger partial charge < -0.3 is 37.2 Å². The molecule has 170 valence electrons. The Kier molecular flexibility index (Phi) is 10.6. The maximum atomic E-state index is 12.7. The number of carbonyl (C=O) groups excluding carboxylic acids is 4. The van der Waals surface area contributed by atoms with Crippen LogP contribution in [0.4, 0.5) is 0 Å². The fourth-order valence-corrected chi connectivity index (χ4v) is 3.09. The van der Waals surface area contributed by atoms with Crippen LogP contribution in [0.15, 0.2) is 0 Å². The summed E-state index contributed by atoms with van der Waals surface area (Å²) in [6, 6.07) is -4.47. The summed E-state index contributed by atoms with van der Waals surface area (Å²) in [4.78, 5) is 59.6. The maximum Gasteiger partial charge on any atom is 0.327 e. The van der Waals surface area contributed by atoms with Crippen LogP contribution in [0.2, 0.25) is 0 Å². The van der Waals surface area contributed by atoms with E-state index < -0.39 is 59.9 Å². The second-order valence-electron chi connectivity index (χ2n) is 7.02. The van der Waals surface area contributed by atoms with Crippen molar-refractivity contribution >= 4 is 42.2 Å². The van der Waals surface area contributed by atoms with Gasteiger partial charge in [-0.05, 0) is 32.7 Å². The van der Waals surface area contributed by atoms with Crippen molar-refractivity contribution in [2.75, 3.05) is 12.3 Å². The molecular weight excluding hydrogens is 418 g/mol. The number of carbonyl (C=O) groups is 5. The highest BCUT2D eigenvalue weighted by Gasteiger charge is 2.33. The number of nitrogens with two attached hydrogens (primary N) is 1. The fourth-order valence-electron chi connectivity index (χ4n) is 2.84. The Morgan fingerprint density at radius 2 is 1.80 bits per heavy atom. The molecule has 1 rings (SSSR count). The van der Waals surface area contributed by atoms with Gasteiger partial charge in [0, 0.05) is 12.2 Å². The molecule has 1 aliphatic rings. The summed E-state index contributed by atoms with van der Waals surface area (Å²) >= 11 is 3.84. The molecule has 5 atom stereocenters. The first-order valence-electron chi connectivity index (χ1n) is 9.51. The number of carboxylic acids is 1. The summed E-state index contributed by atoms with van der Waals surface area (Å²) in [5, 5.41) is 28.9. The van der Waals surface area contributed by atoms with Crippen molar-refractivity contribution in [3.8, 4) is 0 Å². The van der Waals surface area contributed by atoms with Gasteiger partial charge in [0.1, 0.15) is 18.1 Å². The fraction of sp³-hybridized carbons (Fsp3) is 0.706. The molecule has 13 heteroatoms. The number of amides is 4. The molecule has 0 aromatic carbocycles. The lowest BCUT2D eigenvalue weighted by Crippen LogP contribution is -2.60. The van der Waals surface area contributed by atoms with E-state index in [1.807, 2.05) is 0 Å². The largest absolute Gasteiger partial charge is 0.480 e. The van der Waals surface area contributed by atoms with E-state index in [0.29, 0.717) is 13.0 Å². The number of carboxylic acid groups (broad SMARTS) is 1. The monoisotopic (exact) mass is 447 g/mol. The quantitative estimate of drug-likeness (QED) is 0.143. The van der Waals surface area contributed by atoms with Gasteiger partial charge in [-0.15, -0.1) is 0 Å². The normalized spacial score (nSPS) is 19.8. The Hall–Kier alpha value is -2.38. The smallest absolute Gasteiger partial charge is 0.327 e. The third-order valence-electron chi connectivity index (χ3n) is 4.55. The second-order valence-corrected chi connectivity index (χ2v) is 7.39.